The van der Waals surface area contributed by atoms with E-state index in [0.717, 1.165) is 11.3 Å². The first kappa shape index (κ1) is 14.6. The van der Waals surface area contributed by atoms with Crippen LogP contribution in [0.15, 0.2) is 61.2 Å². The summed E-state index contributed by atoms with van der Waals surface area (Å²) in [6.45, 7) is 4.45. The van der Waals surface area contributed by atoms with Crippen molar-refractivity contribution in [2.24, 2.45) is 0 Å². The van der Waals surface area contributed by atoms with Crippen LogP contribution in [0.2, 0.25) is 0 Å². The van der Waals surface area contributed by atoms with E-state index in [9.17, 15) is 10.1 Å². The largest absolute Gasteiger partial charge is 0.490 e. The molecule has 2 rings (SSSR count). The highest BCUT2D eigenvalue weighted by atomic mass is 16.6. The minimum Gasteiger partial charge on any atom is -0.490 e. The lowest BCUT2D eigenvalue weighted by Gasteiger charge is -2.07. The predicted molar refractivity (Wildman–Crippen MR) is 79.6 cm³/mol. The summed E-state index contributed by atoms with van der Waals surface area (Å²) >= 11 is 0. The highest BCUT2D eigenvalue weighted by Crippen LogP contribution is 2.19. The Bertz CT molecular complexity index is 605. The fourth-order valence-corrected chi connectivity index (χ4v) is 1.67. The van der Waals surface area contributed by atoms with E-state index in [0.29, 0.717) is 19.0 Å². The average molecular weight is 285 g/mol. The van der Waals surface area contributed by atoms with E-state index in [2.05, 4.69) is 6.58 Å². The Balaban J connectivity index is 1.90. The maximum absolute atomic E-state index is 10.5. The molecule has 108 valence electrons. The van der Waals surface area contributed by atoms with Gasteiger partial charge >= 0.3 is 0 Å². The number of benzene rings is 2. The van der Waals surface area contributed by atoms with Crippen LogP contribution in [-0.4, -0.2) is 11.5 Å². The van der Waals surface area contributed by atoms with E-state index in [1.807, 2.05) is 24.3 Å². The molecule has 5 nitrogen and oxygen atoms in total. The van der Waals surface area contributed by atoms with Gasteiger partial charge in [0.15, 0.2) is 0 Å². The van der Waals surface area contributed by atoms with Crippen LogP contribution in [0.3, 0.4) is 0 Å². The van der Waals surface area contributed by atoms with E-state index in [-0.39, 0.29) is 5.69 Å². The van der Waals surface area contributed by atoms with Gasteiger partial charge in [0, 0.05) is 12.1 Å². The van der Waals surface area contributed by atoms with Crippen LogP contribution in [0.25, 0.3) is 0 Å². The first-order valence-corrected chi connectivity index (χ1v) is 6.39. The van der Waals surface area contributed by atoms with E-state index in [1.54, 1.807) is 18.2 Å². The molecule has 0 saturated heterocycles. The Morgan fingerprint density at radius 2 is 1.57 bits per heavy atom. The Morgan fingerprint density at radius 3 is 2.14 bits per heavy atom. The third-order valence-corrected chi connectivity index (χ3v) is 2.74. The molecule has 0 aliphatic rings. The number of nitrogens with zero attached hydrogens (tertiary/aromatic N) is 1. The minimum absolute atomic E-state index is 0.0473. The summed E-state index contributed by atoms with van der Waals surface area (Å²) < 4.78 is 11.0. The first-order chi connectivity index (χ1) is 10.2. The Labute approximate surface area is 122 Å². The zero-order valence-electron chi connectivity index (χ0n) is 11.4. The van der Waals surface area contributed by atoms with Crippen molar-refractivity contribution in [1.29, 1.82) is 0 Å². The van der Waals surface area contributed by atoms with Crippen molar-refractivity contribution in [2.75, 3.05) is 6.61 Å². The van der Waals surface area contributed by atoms with Gasteiger partial charge in [-0.2, -0.15) is 0 Å². The zero-order valence-corrected chi connectivity index (χ0v) is 11.4. The Hall–Kier alpha value is -2.82. The third kappa shape index (κ3) is 4.35. The van der Waals surface area contributed by atoms with Crippen molar-refractivity contribution in [3.05, 3.63) is 76.9 Å². The zero-order chi connectivity index (χ0) is 15.1. The molecule has 2 aromatic rings. The van der Waals surface area contributed by atoms with Crippen LogP contribution >= 0.6 is 0 Å². The smallest absolute Gasteiger partial charge is 0.269 e. The number of hydrogen-bond donors (Lipinski definition) is 0. The summed E-state index contributed by atoms with van der Waals surface area (Å²) in [4.78, 5) is 10.1. The highest BCUT2D eigenvalue weighted by Gasteiger charge is 2.04. The summed E-state index contributed by atoms with van der Waals surface area (Å²) in [5.74, 6) is 1.36. The quantitative estimate of drug-likeness (QED) is 0.441. The van der Waals surface area contributed by atoms with Crippen LogP contribution in [0.1, 0.15) is 5.56 Å². The van der Waals surface area contributed by atoms with Crippen LogP contribution in [0.5, 0.6) is 11.5 Å². The van der Waals surface area contributed by atoms with E-state index >= 15 is 0 Å². The van der Waals surface area contributed by atoms with Gasteiger partial charge in [-0.1, -0.05) is 24.8 Å². The molecule has 0 spiro atoms. The molecule has 0 heterocycles. The van der Waals surface area contributed by atoms with Gasteiger partial charge in [0.2, 0.25) is 0 Å². The Morgan fingerprint density at radius 1 is 1.00 bits per heavy atom. The molecular formula is C16H15NO4. The van der Waals surface area contributed by atoms with Crippen LogP contribution < -0.4 is 9.47 Å². The van der Waals surface area contributed by atoms with Crippen LogP contribution in [-0.2, 0) is 6.61 Å². The van der Waals surface area contributed by atoms with Crippen molar-refractivity contribution < 1.29 is 14.4 Å². The topological polar surface area (TPSA) is 61.6 Å². The fraction of sp³-hybridized carbons (Fsp3) is 0.125. The fourth-order valence-electron chi connectivity index (χ4n) is 1.67. The SMILES string of the molecule is C=CCOc1ccc(COc2ccc([N+](=O)[O-])cc2)cc1. The number of nitro groups is 1. The van der Waals surface area contributed by atoms with Gasteiger partial charge in [0.05, 0.1) is 4.92 Å². The summed E-state index contributed by atoms with van der Waals surface area (Å²) in [5.41, 5.74) is 1.03. The predicted octanol–water partition coefficient (Wildman–Crippen LogP) is 3.74. The van der Waals surface area contributed by atoms with Crippen molar-refractivity contribution in [3.8, 4) is 11.5 Å². The number of nitro benzene ring substituents is 1. The van der Waals surface area contributed by atoms with Gasteiger partial charge in [0.25, 0.3) is 5.69 Å². The molecular weight excluding hydrogens is 270 g/mol. The lowest BCUT2D eigenvalue weighted by molar-refractivity contribution is -0.384. The number of rotatable bonds is 7. The number of non-ortho nitro benzene ring substituents is 1. The van der Waals surface area contributed by atoms with E-state index in [1.165, 1.54) is 12.1 Å². The molecule has 21 heavy (non-hydrogen) atoms. The van der Waals surface area contributed by atoms with Gasteiger partial charge < -0.3 is 9.47 Å². The standard InChI is InChI=1S/C16H15NO4/c1-2-11-20-15-7-3-13(4-8-15)12-21-16-9-5-14(6-10-16)17(18)19/h2-10H,1,11-12H2. The molecule has 0 aliphatic carbocycles. The number of hydrogen-bond acceptors (Lipinski definition) is 4. The molecule has 0 aliphatic heterocycles. The second-order valence-corrected chi connectivity index (χ2v) is 4.28. The maximum Gasteiger partial charge on any atom is 0.269 e. The molecule has 5 heteroatoms. The van der Waals surface area contributed by atoms with Crippen molar-refractivity contribution in [2.45, 2.75) is 6.61 Å². The molecule has 0 radical (unpaired) electrons. The molecule has 0 amide bonds. The summed E-state index contributed by atoms with van der Waals surface area (Å²) in [6, 6.07) is 13.5. The molecule has 0 aromatic heterocycles. The Kier molecular flexibility index (Phi) is 4.93. The molecule has 0 saturated carbocycles. The lowest BCUT2D eigenvalue weighted by atomic mass is 10.2. The first-order valence-electron chi connectivity index (χ1n) is 6.39. The molecule has 0 N–H and O–H groups in total. The monoisotopic (exact) mass is 285 g/mol. The van der Waals surface area contributed by atoms with Gasteiger partial charge in [-0.3, -0.25) is 10.1 Å². The van der Waals surface area contributed by atoms with Crippen molar-refractivity contribution >= 4 is 5.69 Å². The van der Waals surface area contributed by atoms with Gasteiger partial charge in [-0.25, -0.2) is 0 Å². The molecule has 0 bridgehead atoms. The van der Waals surface area contributed by atoms with Crippen molar-refractivity contribution in [1.82, 2.24) is 0 Å². The van der Waals surface area contributed by atoms with E-state index < -0.39 is 4.92 Å². The summed E-state index contributed by atoms with van der Waals surface area (Å²) in [5, 5.41) is 10.5. The molecule has 0 unspecified atom stereocenters. The van der Waals surface area contributed by atoms with Crippen molar-refractivity contribution in [3.63, 3.8) is 0 Å². The average Bonchev–Trinajstić information content (AvgIpc) is 2.52. The third-order valence-electron chi connectivity index (χ3n) is 2.74. The van der Waals surface area contributed by atoms with Gasteiger partial charge in [0.1, 0.15) is 24.7 Å². The highest BCUT2D eigenvalue weighted by molar-refractivity contribution is 5.36. The second-order valence-electron chi connectivity index (χ2n) is 4.28. The second kappa shape index (κ2) is 7.09. The summed E-state index contributed by atoms with van der Waals surface area (Å²) in [7, 11) is 0. The van der Waals surface area contributed by atoms with Crippen LogP contribution in [0.4, 0.5) is 5.69 Å². The molecule has 2 aromatic carbocycles. The lowest BCUT2D eigenvalue weighted by Crippen LogP contribution is -1.97. The van der Waals surface area contributed by atoms with Gasteiger partial charge in [-0.15, -0.1) is 0 Å². The normalized spacial score (nSPS) is 9.90. The summed E-state index contributed by atoms with van der Waals surface area (Å²) in [6.07, 6.45) is 1.69. The molecule has 0 fully saturated rings. The number of ether oxygens (including phenoxy) is 2. The maximum atomic E-state index is 10.5. The van der Waals surface area contributed by atoms with Crippen LogP contribution in [0, 0.1) is 10.1 Å². The molecule has 0 atom stereocenters. The van der Waals surface area contributed by atoms with Gasteiger partial charge in [-0.05, 0) is 29.8 Å². The van der Waals surface area contributed by atoms with E-state index in [4.69, 9.17) is 9.47 Å². The minimum atomic E-state index is -0.439.